The minimum Gasteiger partial charge on any atom is -0.457 e. The highest BCUT2D eigenvalue weighted by Gasteiger charge is 2.16. The molecule has 1 rings (SSSR count). The molecular formula is C21H32O4. The molecule has 1 aliphatic carbocycles. The number of allylic oxidation sites excluding steroid dienone is 4. The molecule has 0 radical (unpaired) electrons. The highest BCUT2D eigenvalue weighted by Crippen LogP contribution is 2.26. The van der Waals surface area contributed by atoms with Crippen LogP contribution in [0.15, 0.2) is 35.5 Å². The topological polar surface area (TPSA) is 52.6 Å². The quantitative estimate of drug-likeness (QED) is 0.527. The maximum atomic E-state index is 11.9. The Morgan fingerprint density at radius 3 is 1.40 bits per heavy atom. The van der Waals surface area contributed by atoms with Crippen LogP contribution in [0.3, 0.4) is 0 Å². The molecule has 0 atom stereocenters. The molecule has 4 heteroatoms. The van der Waals surface area contributed by atoms with Crippen LogP contribution < -0.4 is 0 Å². The number of hydrogen-bond acceptors (Lipinski definition) is 4. The molecule has 0 bridgehead atoms. The second-order valence-corrected chi connectivity index (χ2v) is 8.34. The second kappa shape index (κ2) is 9.02. The fourth-order valence-corrected chi connectivity index (χ4v) is 2.52. The smallest absolute Gasteiger partial charge is 0.331 e. The zero-order valence-electron chi connectivity index (χ0n) is 16.5. The van der Waals surface area contributed by atoms with Gasteiger partial charge in [0.2, 0.25) is 0 Å². The van der Waals surface area contributed by atoms with Gasteiger partial charge in [-0.15, -0.1) is 0 Å². The van der Waals surface area contributed by atoms with E-state index in [-0.39, 0.29) is 11.9 Å². The van der Waals surface area contributed by atoms with Gasteiger partial charge in [-0.2, -0.15) is 0 Å². The minimum absolute atomic E-state index is 0.347. The Labute approximate surface area is 152 Å². The molecule has 0 N–H and O–H groups in total. The van der Waals surface area contributed by atoms with Gasteiger partial charge in [-0.1, -0.05) is 18.6 Å². The average molecular weight is 348 g/mol. The van der Waals surface area contributed by atoms with Gasteiger partial charge in [0.05, 0.1) is 0 Å². The number of hydrogen-bond donors (Lipinski definition) is 0. The van der Waals surface area contributed by atoms with Crippen LogP contribution in [-0.2, 0) is 19.1 Å². The molecule has 0 aromatic rings. The lowest BCUT2D eigenvalue weighted by Crippen LogP contribution is -2.22. The van der Waals surface area contributed by atoms with Gasteiger partial charge < -0.3 is 9.47 Å². The molecule has 0 spiro atoms. The predicted octanol–water partition coefficient (Wildman–Crippen LogP) is 5.04. The van der Waals surface area contributed by atoms with E-state index in [1.54, 1.807) is 0 Å². The Kier molecular flexibility index (Phi) is 7.65. The summed E-state index contributed by atoms with van der Waals surface area (Å²) in [6.07, 6.45) is 11.7. The van der Waals surface area contributed by atoms with Crippen molar-refractivity contribution in [2.24, 2.45) is 0 Å². The van der Waals surface area contributed by atoms with Crippen molar-refractivity contribution in [3.63, 3.8) is 0 Å². The lowest BCUT2D eigenvalue weighted by molar-refractivity contribution is -0.149. The van der Waals surface area contributed by atoms with Crippen LogP contribution in [0.5, 0.6) is 0 Å². The van der Waals surface area contributed by atoms with Gasteiger partial charge >= 0.3 is 11.9 Å². The van der Waals surface area contributed by atoms with E-state index in [0.717, 1.165) is 43.3 Å². The second-order valence-electron chi connectivity index (χ2n) is 8.34. The van der Waals surface area contributed by atoms with E-state index in [1.807, 2.05) is 53.7 Å². The van der Waals surface area contributed by atoms with Crippen molar-refractivity contribution in [1.29, 1.82) is 0 Å². The fraction of sp³-hybridized carbons (Fsp3) is 0.619. The molecule has 0 aromatic heterocycles. The summed E-state index contributed by atoms with van der Waals surface area (Å²) in [5.41, 5.74) is 1.17. The Hall–Kier alpha value is -1.84. The Morgan fingerprint density at radius 1 is 0.720 bits per heavy atom. The average Bonchev–Trinajstić information content (AvgIpc) is 2.64. The van der Waals surface area contributed by atoms with Crippen molar-refractivity contribution in [2.75, 3.05) is 0 Å². The lowest BCUT2D eigenvalue weighted by atomic mass is 10.0. The van der Waals surface area contributed by atoms with Crippen molar-refractivity contribution < 1.29 is 19.1 Å². The van der Waals surface area contributed by atoms with Gasteiger partial charge in [0.25, 0.3) is 0 Å². The highest BCUT2D eigenvalue weighted by molar-refractivity contribution is 5.84. The molecule has 0 amide bonds. The normalized spacial score (nSPS) is 17.0. The number of rotatable bonds is 4. The van der Waals surface area contributed by atoms with E-state index in [0.29, 0.717) is 0 Å². The van der Waals surface area contributed by atoms with Crippen LogP contribution in [0.4, 0.5) is 0 Å². The van der Waals surface area contributed by atoms with Crippen molar-refractivity contribution in [3.8, 4) is 0 Å². The first-order valence-corrected chi connectivity index (χ1v) is 9.00. The highest BCUT2D eigenvalue weighted by atomic mass is 16.6. The van der Waals surface area contributed by atoms with Gasteiger partial charge in [-0.05, 0) is 78.4 Å². The van der Waals surface area contributed by atoms with Gasteiger partial charge in [-0.3, -0.25) is 0 Å². The Balaban J connectivity index is 2.88. The van der Waals surface area contributed by atoms with Crippen molar-refractivity contribution in [2.45, 2.75) is 84.8 Å². The third kappa shape index (κ3) is 9.90. The molecule has 0 fully saturated rings. The Morgan fingerprint density at radius 2 is 1.08 bits per heavy atom. The standard InChI is InChI=1S/C21H32O4/c1-20(2,3)24-18(22)14-12-16-10-8-7-9-11-17(16)13-15-19(23)25-21(4,5)6/h12-15H,7-11H2,1-6H3/b14-12+,15-13+. The first kappa shape index (κ1) is 21.2. The van der Waals surface area contributed by atoms with E-state index < -0.39 is 11.2 Å². The summed E-state index contributed by atoms with van der Waals surface area (Å²) in [4.78, 5) is 23.8. The Bertz CT molecular complexity index is 516. The molecule has 0 unspecified atom stereocenters. The molecule has 0 saturated carbocycles. The van der Waals surface area contributed by atoms with Crippen LogP contribution in [0.1, 0.15) is 73.6 Å². The number of carbonyl (C=O) groups excluding carboxylic acids is 2. The van der Waals surface area contributed by atoms with E-state index in [4.69, 9.17) is 9.47 Å². The van der Waals surface area contributed by atoms with Crippen molar-refractivity contribution in [1.82, 2.24) is 0 Å². The minimum atomic E-state index is -0.501. The van der Waals surface area contributed by atoms with Crippen LogP contribution in [0.2, 0.25) is 0 Å². The summed E-state index contributed by atoms with van der Waals surface area (Å²) in [7, 11) is 0. The molecule has 4 nitrogen and oxygen atoms in total. The zero-order valence-corrected chi connectivity index (χ0v) is 16.5. The molecule has 0 heterocycles. The zero-order chi connectivity index (χ0) is 19.1. The SMILES string of the molecule is CC(C)(C)OC(=O)/C=C/C1=C(/C=C/C(=O)OC(C)(C)C)CCCCC1. The van der Waals surface area contributed by atoms with E-state index in [2.05, 4.69) is 0 Å². The van der Waals surface area contributed by atoms with Crippen LogP contribution in [0.25, 0.3) is 0 Å². The number of esters is 2. The van der Waals surface area contributed by atoms with Crippen LogP contribution >= 0.6 is 0 Å². The van der Waals surface area contributed by atoms with E-state index in [1.165, 1.54) is 12.2 Å². The molecule has 25 heavy (non-hydrogen) atoms. The largest absolute Gasteiger partial charge is 0.457 e. The van der Waals surface area contributed by atoms with Gasteiger partial charge in [0.1, 0.15) is 11.2 Å². The monoisotopic (exact) mass is 348 g/mol. The van der Waals surface area contributed by atoms with Crippen LogP contribution in [-0.4, -0.2) is 23.1 Å². The molecule has 140 valence electrons. The number of carbonyl (C=O) groups is 2. The van der Waals surface area contributed by atoms with Gasteiger partial charge in [-0.25, -0.2) is 9.59 Å². The maximum Gasteiger partial charge on any atom is 0.331 e. The third-order valence-electron chi connectivity index (χ3n) is 3.46. The fourth-order valence-electron chi connectivity index (χ4n) is 2.52. The first-order chi connectivity index (χ1) is 11.5. The molecule has 0 saturated heterocycles. The van der Waals surface area contributed by atoms with Crippen molar-refractivity contribution >= 4 is 11.9 Å². The van der Waals surface area contributed by atoms with E-state index >= 15 is 0 Å². The molecule has 1 aliphatic rings. The molecule has 0 aromatic carbocycles. The molecular weight excluding hydrogens is 316 g/mol. The summed E-state index contributed by atoms with van der Waals surface area (Å²) in [6, 6.07) is 0. The summed E-state index contributed by atoms with van der Waals surface area (Å²) in [6.45, 7) is 11.1. The molecule has 0 aliphatic heterocycles. The van der Waals surface area contributed by atoms with Crippen molar-refractivity contribution in [3.05, 3.63) is 35.5 Å². The summed E-state index contributed by atoms with van der Waals surface area (Å²) in [5, 5.41) is 0. The maximum absolute atomic E-state index is 11.9. The third-order valence-corrected chi connectivity index (χ3v) is 3.46. The first-order valence-electron chi connectivity index (χ1n) is 9.00. The number of ether oxygens (including phenoxy) is 2. The van der Waals surface area contributed by atoms with Gasteiger partial charge in [0.15, 0.2) is 0 Å². The van der Waals surface area contributed by atoms with E-state index in [9.17, 15) is 9.59 Å². The summed E-state index contributed by atoms with van der Waals surface area (Å²) < 4.78 is 10.6. The van der Waals surface area contributed by atoms with Gasteiger partial charge in [0, 0.05) is 12.2 Å². The predicted molar refractivity (Wildman–Crippen MR) is 100 cm³/mol. The summed E-state index contributed by atoms with van der Waals surface area (Å²) in [5.74, 6) is -0.695. The lowest BCUT2D eigenvalue weighted by Gasteiger charge is -2.18. The van der Waals surface area contributed by atoms with Crippen LogP contribution in [0, 0.1) is 0 Å². The summed E-state index contributed by atoms with van der Waals surface area (Å²) >= 11 is 0.